The lowest BCUT2D eigenvalue weighted by molar-refractivity contribution is 1.10. The predicted molar refractivity (Wildman–Crippen MR) is 146 cm³/mol. The van der Waals surface area contributed by atoms with Crippen molar-refractivity contribution in [3.63, 3.8) is 0 Å². The van der Waals surface area contributed by atoms with Crippen LogP contribution in [0, 0.1) is 0 Å². The van der Waals surface area contributed by atoms with E-state index >= 15 is 0 Å². The third-order valence-electron chi connectivity index (χ3n) is 7.32. The number of benzene rings is 6. The molecule has 0 bridgehead atoms. The first kappa shape index (κ1) is 19.3. The molecule has 0 amide bonds. The molecule has 0 heteroatoms. The molecule has 1 aliphatic carbocycles. The fraction of sp³-hybridized carbons (Fsp3) is 0.0588. The van der Waals surface area contributed by atoms with E-state index in [4.69, 9.17) is 0 Å². The van der Waals surface area contributed by atoms with E-state index < -0.39 is 0 Å². The summed E-state index contributed by atoms with van der Waals surface area (Å²) in [5.74, 6) is 0. The van der Waals surface area contributed by atoms with E-state index in [1.807, 2.05) is 0 Å². The van der Waals surface area contributed by atoms with Crippen LogP contribution in [0.15, 0.2) is 121 Å². The number of hydrogen-bond donors (Lipinski definition) is 0. The molecule has 0 unspecified atom stereocenters. The van der Waals surface area contributed by atoms with Gasteiger partial charge in [-0.2, -0.15) is 0 Å². The van der Waals surface area contributed by atoms with Crippen LogP contribution in [0.2, 0.25) is 0 Å². The Labute approximate surface area is 199 Å². The Hall–Kier alpha value is -4.16. The van der Waals surface area contributed by atoms with Gasteiger partial charge >= 0.3 is 0 Å². The van der Waals surface area contributed by atoms with Gasteiger partial charge in [-0.05, 0) is 90.7 Å². The second kappa shape index (κ2) is 7.71. The Morgan fingerprint density at radius 1 is 0.382 bits per heavy atom. The minimum Gasteiger partial charge on any atom is -0.0838 e. The Bertz CT molecular complexity index is 1620. The highest BCUT2D eigenvalue weighted by Crippen LogP contribution is 2.44. The van der Waals surface area contributed by atoms with Gasteiger partial charge in [-0.15, -0.1) is 0 Å². The van der Waals surface area contributed by atoms with E-state index in [-0.39, 0.29) is 0 Å². The number of allylic oxidation sites excluding steroid dienone is 2. The summed E-state index contributed by atoms with van der Waals surface area (Å²) in [6.45, 7) is 0. The van der Waals surface area contributed by atoms with E-state index in [1.165, 1.54) is 65.7 Å². The van der Waals surface area contributed by atoms with Gasteiger partial charge in [-0.25, -0.2) is 0 Å². The lowest BCUT2D eigenvalue weighted by Crippen LogP contribution is -2.05. The first-order valence-electron chi connectivity index (χ1n) is 12.1. The third-order valence-corrected chi connectivity index (χ3v) is 7.32. The molecule has 0 fully saturated rings. The molecule has 160 valence electrons. The van der Waals surface area contributed by atoms with Crippen LogP contribution in [0.25, 0.3) is 54.6 Å². The molecule has 1 aliphatic rings. The molecular weight excluding hydrogens is 408 g/mol. The maximum Gasteiger partial charge on any atom is -0.00666 e. The van der Waals surface area contributed by atoms with Crippen LogP contribution >= 0.6 is 0 Å². The van der Waals surface area contributed by atoms with Crippen molar-refractivity contribution < 1.29 is 0 Å². The van der Waals surface area contributed by atoms with Crippen LogP contribution in [0.3, 0.4) is 0 Å². The zero-order valence-corrected chi connectivity index (χ0v) is 19.0. The maximum atomic E-state index is 2.37. The quantitative estimate of drug-likeness (QED) is 0.239. The SMILES string of the molecule is C1=CCc2c(c(-c3ccc4ccccc4c3)c3ccccc3c2-c2ccc3ccccc3c2)C1. The van der Waals surface area contributed by atoms with Gasteiger partial charge in [-0.3, -0.25) is 0 Å². The largest absolute Gasteiger partial charge is 0.0838 e. The summed E-state index contributed by atoms with van der Waals surface area (Å²) in [6.07, 6.45) is 6.63. The van der Waals surface area contributed by atoms with Crippen molar-refractivity contribution >= 4 is 32.3 Å². The zero-order valence-electron chi connectivity index (χ0n) is 19.0. The summed E-state index contributed by atoms with van der Waals surface area (Å²) < 4.78 is 0. The van der Waals surface area contributed by atoms with Gasteiger partial charge in [0.15, 0.2) is 0 Å². The van der Waals surface area contributed by atoms with Gasteiger partial charge in [0.1, 0.15) is 0 Å². The Morgan fingerprint density at radius 3 is 1.26 bits per heavy atom. The standard InChI is InChI=1S/C34H24/c1-3-11-25-21-27(19-17-23(25)9-1)33-29-13-5-7-15-31(29)34(32-16-8-6-14-30(32)33)28-20-18-24-10-2-4-12-26(24)22-28/h1-13,15,17-22H,14,16H2. The zero-order chi connectivity index (χ0) is 22.5. The number of rotatable bonds is 2. The topological polar surface area (TPSA) is 0 Å². The highest BCUT2D eigenvalue weighted by Gasteiger charge is 2.22. The second-order valence-corrected chi connectivity index (χ2v) is 9.26. The first-order valence-corrected chi connectivity index (χ1v) is 12.1. The molecule has 0 aromatic heterocycles. The summed E-state index contributed by atoms with van der Waals surface area (Å²) in [6, 6.07) is 40.2. The maximum absolute atomic E-state index is 2.37. The van der Waals surface area contributed by atoms with Crippen LogP contribution in [-0.2, 0) is 12.8 Å². The van der Waals surface area contributed by atoms with E-state index in [1.54, 1.807) is 0 Å². The van der Waals surface area contributed by atoms with E-state index in [9.17, 15) is 0 Å². The second-order valence-electron chi connectivity index (χ2n) is 9.26. The van der Waals surface area contributed by atoms with Gasteiger partial charge in [0, 0.05) is 0 Å². The van der Waals surface area contributed by atoms with Crippen molar-refractivity contribution in [1.29, 1.82) is 0 Å². The molecule has 0 atom stereocenters. The van der Waals surface area contributed by atoms with Gasteiger partial charge in [0.2, 0.25) is 0 Å². The molecule has 0 nitrogen and oxygen atoms in total. The molecule has 0 radical (unpaired) electrons. The Balaban J connectivity index is 1.57. The van der Waals surface area contributed by atoms with E-state index in [2.05, 4.69) is 121 Å². The van der Waals surface area contributed by atoms with Crippen molar-refractivity contribution in [1.82, 2.24) is 0 Å². The first-order chi connectivity index (χ1) is 16.9. The highest BCUT2D eigenvalue weighted by molar-refractivity contribution is 6.09. The molecule has 0 spiro atoms. The third kappa shape index (κ3) is 2.99. The van der Waals surface area contributed by atoms with Crippen molar-refractivity contribution in [2.75, 3.05) is 0 Å². The summed E-state index contributed by atoms with van der Waals surface area (Å²) in [5, 5.41) is 7.85. The normalized spacial score (nSPS) is 12.9. The van der Waals surface area contributed by atoms with E-state index in [0.29, 0.717) is 0 Å². The lowest BCUT2D eigenvalue weighted by Gasteiger charge is -2.24. The molecule has 0 aliphatic heterocycles. The van der Waals surface area contributed by atoms with E-state index in [0.717, 1.165) is 12.8 Å². The average molecular weight is 433 g/mol. The molecule has 6 aromatic carbocycles. The predicted octanol–water partition coefficient (Wildman–Crippen LogP) is 9.13. The molecule has 0 saturated heterocycles. The van der Waals surface area contributed by atoms with Gasteiger partial charge < -0.3 is 0 Å². The van der Waals surface area contributed by atoms with Gasteiger partial charge in [0.25, 0.3) is 0 Å². The number of fused-ring (bicyclic) bond motifs is 4. The number of hydrogen-bond acceptors (Lipinski definition) is 0. The van der Waals surface area contributed by atoms with Crippen LogP contribution < -0.4 is 0 Å². The van der Waals surface area contributed by atoms with Crippen LogP contribution in [0.5, 0.6) is 0 Å². The Kier molecular flexibility index (Phi) is 4.38. The van der Waals surface area contributed by atoms with Crippen LogP contribution in [0.1, 0.15) is 11.1 Å². The van der Waals surface area contributed by atoms with Gasteiger partial charge in [-0.1, -0.05) is 109 Å². The molecule has 6 aromatic rings. The smallest absolute Gasteiger partial charge is 0.00666 e. The average Bonchev–Trinajstić information content (AvgIpc) is 2.91. The van der Waals surface area contributed by atoms with Crippen LogP contribution in [0.4, 0.5) is 0 Å². The molecule has 34 heavy (non-hydrogen) atoms. The fourth-order valence-electron chi connectivity index (χ4n) is 5.75. The fourth-order valence-corrected chi connectivity index (χ4v) is 5.75. The molecule has 0 heterocycles. The molecule has 0 saturated carbocycles. The molecule has 0 N–H and O–H groups in total. The van der Waals surface area contributed by atoms with Crippen molar-refractivity contribution in [3.8, 4) is 22.3 Å². The van der Waals surface area contributed by atoms with Crippen LogP contribution in [-0.4, -0.2) is 0 Å². The summed E-state index contributed by atoms with van der Waals surface area (Å²) in [7, 11) is 0. The summed E-state index contributed by atoms with van der Waals surface area (Å²) in [5.41, 5.74) is 8.35. The Morgan fingerprint density at radius 2 is 0.794 bits per heavy atom. The summed E-state index contributed by atoms with van der Waals surface area (Å²) >= 11 is 0. The molecule has 7 rings (SSSR count). The highest BCUT2D eigenvalue weighted by atomic mass is 14.2. The van der Waals surface area contributed by atoms with Crippen molar-refractivity contribution in [2.45, 2.75) is 12.8 Å². The van der Waals surface area contributed by atoms with Gasteiger partial charge in [0.05, 0.1) is 0 Å². The minimum absolute atomic E-state index is 0.975. The monoisotopic (exact) mass is 432 g/mol. The minimum atomic E-state index is 0.975. The van der Waals surface area contributed by atoms with Crippen molar-refractivity contribution in [3.05, 3.63) is 132 Å². The molecular formula is C34H24. The van der Waals surface area contributed by atoms with Crippen molar-refractivity contribution in [2.24, 2.45) is 0 Å². The summed E-state index contributed by atoms with van der Waals surface area (Å²) in [4.78, 5) is 0. The lowest BCUT2D eigenvalue weighted by atomic mass is 9.79.